The van der Waals surface area contributed by atoms with Gasteiger partial charge in [-0.15, -0.1) is 0 Å². The van der Waals surface area contributed by atoms with E-state index in [0.717, 1.165) is 12.1 Å². The summed E-state index contributed by atoms with van der Waals surface area (Å²) in [6.07, 6.45) is -1.08. The van der Waals surface area contributed by atoms with Crippen LogP contribution in [0.5, 0.6) is 0 Å². The summed E-state index contributed by atoms with van der Waals surface area (Å²) in [5, 5.41) is 14.4. The Bertz CT molecular complexity index is 809. The van der Waals surface area contributed by atoms with E-state index in [9.17, 15) is 13.6 Å². The molecular weight excluding hydrogens is 312 g/mol. The molecule has 2 aromatic carbocycles. The van der Waals surface area contributed by atoms with Crippen molar-refractivity contribution < 1.29 is 13.6 Å². The van der Waals surface area contributed by atoms with E-state index < -0.39 is 23.7 Å². The molecule has 2 N–H and O–H groups in total. The van der Waals surface area contributed by atoms with E-state index in [1.165, 1.54) is 6.07 Å². The van der Waals surface area contributed by atoms with Gasteiger partial charge in [0.05, 0.1) is 22.8 Å². The second-order valence-corrected chi connectivity index (χ2v) is 5.14. The lowest BCUT2D eigenvalue weighted by Gasteiger charge is -2.28. The van der Waals surface area contributed by atoms with Gasteiger partial charge in [-0.2, -0.15) is 5.26 Å². The van der Waals surface area contributed by atoms with Crippen LogP contribution >= 0.6 is 11.6 Å². The average Bonchev–Trinajstić information content (AvgIpc) is 2.47. The molecule has 0 saturated heterocycles. The first-order valence-corrected chi connectivity index (χ1v) is 6.63. The maximum atomic E-state index is 14.0. The molecule has 0 aromatic heterocycles. The number of anilines is 1. The third kappa shape index (κ3) is 2.36. The number of amides is 1. The van der Waals surface area contributed by atoms with Crippen molar-refractivity contribution >= 4 is 23.2 Å². The fourth-order valence-electron chi connectivity index (χ4n) is 2.30. The van der Waals surface area contributed by atoms with Crippen LogP contribution in [0.15, 0.2) is 30.3 Å². The first-order valence-electron chi connectivity index (χ1n) is 6.25. The molecule has 0 aliphatic carbocycles. The third-order valence-corrected chi connectivity index (χ3v) is 3.53. The van der Waals surface area contributed by atoms with E-state index in [0.29, 0.717) is 16.3 Å². The molecule has 3 rings (SSSR count). The highest BCUT2D eigenvalue weighted by Crippen LogP contribution is 2.31. The molecule has 7 heteroatoms. The van der Waals surface area contributed by atoms with E-state index in [-0.39, 0.29) is 11.1 Å². The van der Waals surface area contributed by atoms with E-state index in [1.54, 1.807) is 18.2 Å². The highest BCUT2D eigenvalue weighted by atomic mass is 35.5. The lowest BCUT2D eigenvalue weighted by molar-refractivity contribution is 0.0934. The zero-order chi connectivity index (χ0) is 15.9. The minimum absolute atomic E-state index is 0.131. The minimum Gasteiger partial charge on any atom is -0.361 e. The summed E-state index contributed by atoms with van der Waals surface area (Å²) < 4.78 is 28.1. The molecule has 2 aromatic rings. The molecule has 0 spiro atoms. The Morgan fingerprint density at radius 2 is 1.82 bits per heavy atom. The van der Waals surface area contributed by atoms with Gasteiger partial charge >= 0.3 is 0 Å². The van der Waals surface area contributed by atoms with Gasteiger partial charge in [0.1, 0.15) is 17.8 Å². The van der Waals surface area contributed by atoms with Crippen molar-refractivity contribution in [1.82, 2.24) is 5.32 Å². The summed E-state index contributed by atoms with van der Waals surface area (Å²) in [6, 6.07) is 8.09. The van der Waals surface area contributed by atoms with Crippen LogP contribution in [-0.4, -0.2) is 5.91 Å². The second-order valence-electron chi connectivity index (χ2n) is 4.71. The van der Waals surface area contributed by atoms with Crippen LogP contribution in [0.1, 0.15) is 27.7 Å². The number of nitrogens with zero attached hydrogens (tertiary/aromatic N) is 1. The van der Waals surface area contributed by atoms with Crippen molar-refractivity contribution in [3.05, 3.63) is 63.7 Å². The van der Waals surface area contributed by atoms with Crippen LogP contribution in [0, 0.1) is 23.0 Å². The number of nitriles is 1. The normalized spacial score (nSPS) is 16.3. The second kappa shape index (κ2) is 5.28. The first-order chi connectivity index (χ1) is 10.5. The van der Waals surface area contributed by atoms with Crippen molar-refractivity contribution in [2.45, 2.75) is 6.17 Å². The number of nitrogens with one attached hydrogen (secondary N) is 2. The maximum Gasteiger partial charge on any atom is 0.255 e. The molecule has 0 radical (unpaired) electrons. The number of benzene rings is 2. The lowest BCUT2D eigenvalue weighted by Crippen LogP contribution is -2.39. The molecule has 0 unspecified atom stereocenters. The number of rotatable bonds is 1. The predicted molar refractivity (Wildman–Crippen MR) is 76.4 cm³/mol. The number of fused-ring (bicyclic) bond motifs is 1. The molecule has 4 nitrogen and oxygen atoms in total. The Balaban J connectivity index is 2.04. The Morgan fingerprint density at radius 1 is 1.14 bits per heavy atom. The average molecular weight is 320 g/mol. The Morgan fingerprint density at radius 3 is 2.45 bits per heavy atom. The SMILES string of the molecule is N#Cc1cc(F)c([C@H]2NC(=O)c3cc(Cl)ccc3N2)c(F)c1. The van der Waals surface area contributed by atoms with Crippen LogP contribution < -0.4 is 10.6 Å². The van der Waals surface area contributed by atoms with E-state index >= 15 is 0 Å². The largest absolute Gasteiger partial charge is 0.361 e. The molecule has 22 heavy (non-hydrogen) atoms. The molecule has 0 saturated carbocycles. The standard InChI is InChI=1S/C15H8ClF2N3O/c16-8-1-2-12-9(5-8)15(22)21-14(20-12)13-10(17)3-7(6-19)4-11(13)18/h1-5,14,20H,(H,21,22)/t14-/m1/s1. The zero-order valence-corrected chi connectivity index (χ0v) is 11.7. The molecule has 1 heterocycles. The number of hydrogen-bond acceptors (Lipinski definition) is 3. The number of hydrogen-bond donors (Lipinski definition) is 2. The molecule has 110 valence electrons. The summed E-state index contributed by atoms with van der Waals surface area (Å²) in [7, 11) is 0. The van der Waals surface area contributed by atoms with Crippen LogP contribution in [0.2, 0.25) is 5.02 Å². The molecule has 1 aliphatic rings. The molecule has 1 atom stereocenters. The van der Waals surface area contributed by atoms with E-state index in [4.69, 9.17) is 16.9 Å². The fourth-order valence-corrected chi connectivity index (χ4v) is 2.47. The summed E-state index contributed by atoms with van der Waals surface area (Å²) >= 11 is 5.82. The van der Waals surface area contributed by atoms with Crippen LogP contribution in [0.25, 0.3) is 0 Å². The van der Waals surface area contributed by atoms with Crippen LogP contribution in [0.3, 0.4) is 0 Å². The third-order valence-electron chi connectivity index (χ3n) is 3.30. The summed E-state index contributed by atoms with van der Waals surface area (Å²) in [5.41, 5.74) is 0.223. The highest BCUT2D eigenvalue weighted by molar-refractivity contribution is 6.31. The van der Waals surface area contributed by atoms with E-state index in [2.05, 4.69) is 10.6 Å². The molecule has 0 bridgehead atoms. The summed E-state index contributed by atoms with van der Waals surface area (Å²) in [6.45, 7) is 0. The van der Waals surface area contributed by atoms with Crippen LogP contribution in [-0.2, 0) is 0 Å². The maximum absolute atomic E-state index is 14.0. The van der Waals surface area contributed by atoms with Gasteiger partial charge in [-0.1, -0.05) is 11.6 Å². The van der Waals surface area contributed by atoms with Crippen molar-refractivity contribution in [2.75, 3.05) is 5.32 Å². The predicted octanol–water partition coefficient (Wildman–Crippen LogP) is 3.34. The summed E-state index contributed by atoms with van der Waals surface area (Å²) in [5.74, 6) is -2.32. The van der Waals surface area contributed by atoms with Gasteiger partial charge in [0.15, 0.2) is 0 Å². The van der Waals surface area contributed by atoms with Gasteiger partial charge in [0, 0.05) is 10.7 Å². The fraction of sp³-hybridized carbons (Fsp3) is 0.0667. The lowest BCUT2D eigenvalue weighted by atomic mass is 10.0. The molecule has 1 aliphatic heterocycles. The molecule has 1 amide bonds. The van der Waals surface area contributed by atoms with E-state index in [1.807, 2.05) is 0 Å². The zero-order valence-electron chi connectivity index (χ0n) is 11.0. The van der Waals surface area contributed by atoms with Gasteiger partial charge in [-0.25, -0.2) is 8.78 Å². The Kier molecular flexibility index (Phi) is 3.43. The molecule has 0 fully saturated rings. The van der Waals surface area contributed by atoms with Crippen molar-refractivity contribution in [1.29, 1.82) is 5.26 Å². The minimum atomic E-state index is -1.08. The smallest absolute Gasteiger partial charge is 0.255 e. The number of carbonyl (C=O) groups excluding carboxylic acids is 1. The topological polar surface area (TPSA) is 64.9 Å². The van der Waals surface area contributed by atoms with Crippen LogP contribution in [0.4, 0.5) is 14.5 Å². The van der Waals surface area contributed by atoms with Crippen molar-refractivity contribution in [2.24, 2.45) is 0 Å². The number of carbonyl (C=O) groups is 1. The van der Waals surface area contributed by atoms with Gasteiger partial charge in [-0.3, -0.25) is 4.79 Å². The molecular formula is C15H8ClF2N3O. The highest BCUT2D eigenvalue weighted by Gasteiger charge is 2.29. The summed E-state index contributed by atoms with van der Waals surface area (Å²) in [4.78, 5) is 12.1. The number of halogens is 3. The van der Waals surface area contributed by atoms with Gasteiger partial charge in [-0.05, 0) is 30.3 Å². The van der Waals surface area contributed by atoms with Gasteiger partial charge in [0.2, 0.25) is 0 Å². The van der Waals surface area contributed by atoms with Crippen molar-refractivity contribution in [3.63, 3.8) is 0 Å². The Hall–Kier alpha value is -2.65. The Labute approximate surface area is 129 Å². The first kappa shape index (κ1) is 14.3. The van der Waals surface area contributed by atoms with Gasteiger partial charge < -0.3 is 10.6 Å². The monoisotopic (exact) mass is 319 g/mol. The quantitative estimate of drug-likeness (QED) is 0.847. The van der Waals surface area contributed by atoms with Crippen molar-refractivity contribution in [3.8, 4) is 6.07 Å². The van der Waals surface area contributed by atoms with Gasteiger partial charge in [0.25, 0.3) is 5.91 Å².